The number of ether oxygens (including phenoxy) is 1. The number of phenols is 1. The van der Waals surface area contributed by atoms with Gasteiger partial charge in [-0.25, -0.2) is 4.79 Å². The van der Waals surface area contributed by atoms with Crippen LogP contribution < -0.4 is 10.6 Å². The van der Waals surface area contributed by atoms with Crippen molar-refractivity contribution in [1.29, 1.82) is 0 Å². The van der Waals surface area contributed by atoms with Gasteiger partial charge in [0.1, 0.15) is 23.4 Å². The summed E-state index contributed by atoms with van der Waals surface area (Å²) in [6.07, 6.45) is 5.47. The van der Waals surface area contributed by atoms with Gasteiger partial charge in [0.05, 0.1) is 0 Å². The zero-order chi connectivity index (χ0) is 28.9. The maximum absolute atomic E-state index is 14.2. The van der Waals surface area contributed by atoms with Crippen molar-refractivity contribution in [1.82, 2.24) is 15.5 Å². The fourth-order valence-electron chi connectivity index (χ4n) is 4.18. The van der Waals surface area contributed by atoms with Crippen LogP contribution in [0.5, 0.6) is 5.75 Å². The van der Waals surface area contributed by atoms with Crippen LogP contribution in [0.4, 0.5) is 4.79 Å². The molecule has 0 aromatic heterocycles. The molecule has 1 rings (SSSR count). The Hall–Kier alpha value is -2.77. The maximum atomic E-state index is 14.2. The zero-order valence-corrected chi connectivity index (χ0v) is 24.9. The van der Waals surface area contributed by atoms with E-state index in [9.17, 15) is 19.5 Å². The molecule has 216 valence electrons. The van der Waals surface area contributed by atoms with Crippen molar-refractivity contribution in [2.75, 3.05) is 13.1 Å². The normalized spacial score (nSPS) is 13.8. The Morgan fingerprint density at radius 1 is 1.03 bits per heavy atom. The van der Waals surface area contributed by atoms with E-state index in [1.54, 1.807) is 50.8 Å². The van der Waals surface area contributed by atoms with Crippen molar-refractivity contribution in [3.63, 3.8) is 0 Å². The van der Waals surface area contributed by atoms with Gasteiger partial charge < -0.3 is 25.4 Å². The van der Waals surface area contributed by atoms with Crippen molar-refractivity contribution < 1.29 is 24.2 Å². The Morgan fingerprint density at radius 3 is 2.24 bits per heavy atom. The minimum atomic E-state index is -0.896. The van der Waals surface area contributed by atoms with Gasteiger partial charge in [0.2, 0.25) is 11.8 Å². The number of carbonyl (C=O) groups is 3. The van der Waals surface area contributed by atoms with Crippen LogP contribution in [0.2, 0.25) is 0 Å². The molecular formula is C30H51N3O5. The number of carbonyl (C=O) groups excluding carboxylic acids is 3. The molecule has 1 aromatic rings. The minimum absolute atomic E-state index is 0.129. The van der Waals surface area contributed by atoms with Gasteiger partial charge in [-0.2, -0.15) is 0 Å². The van der Waals surface area contributed by atoms with Crippen LogP contribution in [0.1, 0.15) is 111 Å². The van der Waals surface area contributed by atoms with Gasteiger partial charge in [-0.05, 0) is 69.7 Å². The average molecular weight is 534 g/mol. The summed E-state index contributed by atoms with van der Waals surface area (Å²) in [5, 5.41) is 15.9. The highest BCUT2D eigenvalue weighted by Crippen LogP contribution is 2.28. The third-order valence-electron chi connectivity index (χ3n) is 6.61. The minimum Gasteiger partial charge on any atom is -0.508 e. The molecule has 3 unspecified atom stereocenters. The number of unbranched alkanes of at least 4 members (excludes halogenated alkanes) is 4. The van der Waals surface area contributed by atoms with E-state index in [1.165, 1.54) is 0 Å². The van der Waals surface area contributed by atoms with Crippen molar-refractivity contribution in [2.45, 2.75) is 118 Å². The molecule has 0 bridgehead atoms. The van der Waals surface area contributed by atoms with E-state index in [1.807, 2.05) is 13.8 Å². The molecule has 8 heteroatoms. The van der Waals surface area contributed by atoms with Crippen LogP contribution in [0.25, 0.3) is 0 Å². The number of hydrogen-bond acceptors (Lipinski definition) is 5. The second kappa shape index (κ2) is 16.2. The molecule has 0 saturated heterocycles. The van der Waals surface area contributed by atoms with E-state index in [4.69, 9.17) is 4.74 Å². The smallest absolute Gasteiger partial charge is 0.408 e. The quantitative estimate of drug-likeness (QED) is 0.239. The highest BCUT2D eigenvalue weighted by molar-refractivity contribution is 5.92. The first-order valence-electron chi connectivity index (χ1n) is 14.2. The van der Waals surface area contributed by atoms with Crippen molar-refractivity contribution in [2.24, 2.45) is 5.92 Å². The number of hydrogen-bond donors (Lipinski definition) is 3. The molecule has 1 aromatic carbocycles. The van der Waals surface area contributed by atoms with Crippen LogP contribution in [0.15, 0.2) is 18.2 Å². The topological polar surface area (TPSA) is 108 Å². The molecule has 0 aliphatic heterocycles. The molecule has 38 heavy (non-hydrogen) atoms. The predicted octanol–water partition coefficient (Wildman–Crippen LogP) is 6.01. The second-order valence-corrected chi connectivity index (χ2v) is 11.2. The first kappa shape index (κ1) is 33.3. The first-order valence-corrected chi connectivity index (χ1v) is 14.2. The van der Waals surface area contributed by atoms with Gasteiger partial charge in [-0.3, -0.25) is 9.59 Å². The molecule has 0 aliphatic rings. The van der Waals surface area contributed by atoms with E-state index in [-0.39, 0.29) is 23.5 Å². The van der Waals surface area contributed by atoms with E-state index >= 15 is 0 Å². The number of amides is 3. The molecular weight excluding hydrogens is 482 g/mol. The van der Waals surface area contributed by atoms with Crippen molar-refractivity contribution in [3.05, 3.63) is 29.3 Å². The summed E-state index contributed by atoms with van der Waals surface area (Å²) in [6, 6.07) is 3.25. The molecule has 0 aliphatic carbocycles. The second-order valence-electron chi connectivity index (χ2n) is 11.2. The lowest BCUT2D eigenvalue weighted by Crippen LogP contribution is -2.55. The largest absolute Gasteiger partial charge is 0.508 e. The molecule has 0 saturated carbocycles. The Labute approximate surface area is 229 Å². The van der Waals surface area contributed by atoms with Gasteiger partial charge in [0.25, 0.3) is 0 Å². The number of aromatic hydroxyl groups is 1. The lowest BCUT2D eigenvalue weighted by Gasteiger charge is -2.36. The summed E-state index contributed by atoms with van der Waals surface area (Å²) in [4.78, 5) is 42.2. The Kier molecular flexibility index (Phi) is 14.2. The van der Waals surface area contributed by atoms with Crippen LogP contribution in [0.3, 0.4) is 0 Å². The van der Waals surface area contributed by atoms with Crippen LogP contribution in [-0.2, 0) is 14.3 Å². The van der Waals surface area contributed by atoms with E-state index in [0.29, 0.717) is 30.6 Å². The highest BCUT2D eigenvalue weighted by atomic mass is 16.6. The van der Waals surface area contributed by atoms with Crippen LogP contribution in [-0.4, -0.2) is 52.6 Å². The molecule has 0 radical (unpaired) electrons. The summed E-state index contributed by atoms with van der Waals surface area (Å²) in [5.74, 6) is -0.641. The highest BCUT2D eigenvalue weighted by Gasteiger charge is 2.38. The Bertz CT molecular complexity index is 896. The van der Waals surface area contributed by atoms with Crippen LogP contribution in [0, 0.1) is 12.8 Å². The third-order valence-corrected chi connectivity index (χ3v) is 6.61. The summed E-state index contributed by atoms with van der Waals surface area (Å²) >= 11 is 0. The monoisotopic (exact) mass is 533 g/mol. The fraction of sp³-hybridized carbons (Fsp3) is 0.700. The van der Waals surface area contributed by atoms with E-state index in [2.05, 4.69) is 24.5 Å². The number of nitrogens with one attached hydrogen (secondary N) is 2. The molecule has 3 atom stereocenters. The molecule has 0 spiro atoms. The lowest BCUT2D eigenvalue weighted by atomic mass is 9.95. The predicted molar refractivity (Wildman–Crippen MR) is 152 cm³/mol. The van der Waals surface area contributed by atoms with Gasteiger partial charge >= 0.3 is 6.09 Å². The number of nitrogens with zero attached hydrogens (tertiary/aromatic N) is 1. The number of phenolic OH excluding ortho intramolecular Hbond substituents is 1. The number of aryl methyl sites for hydroxylation is 1. The first-order chi connectivity index (χ1) is 17.9. The van der Waals surface area contributed by atoms with Gasteiger partial charge in [0, 0.05) is 13.1 Å². The molecule has 0 fully saturated rings. The molecule has 3 amide bonds. The van der Waals surface area contributed by atoms with Gasteiger partial charge in [-0.1, -0.05) is 65.9 Å². The van der Waals surface area contributed by atoms with Gasteiger partial charge in [0.15, 0.2) is 0 Å². The summed E-state index contributed by atoms with van der Waals surface area (Å²) < 4.78 is 5.46. The standard InChI is InChI=1S/C30H51N3O5/c1-9-12-14-15-19-33(28(36)25(21(4)11-3)32-29(37)38-30(6,7)8)26(27(35)31-18-13-10-2)23-16-17-24(34)22(5)20-23/h16-17,20-21,25-26,34H,9-15,18-19H2,1-8H3,(H,31,35)(H,32,37). The van der Waals surface area contributed by atoms with Crippen molar-refractivity contribution >= 4 is 17.9 Å². The number of alkyl carbamates (subject to hydrolysis) is 1. The summed E-state index contributed by atoms with van der Waals surface area (Å²) in [7, 11) is 0. The zero-order valence-electron chi connectivity index (χ0n) is 24.9. The van der Waals surface area contributed by atoms with Crippen LogP contribution >= 0.6 is 0 Å². The fourth-order valence-corrected chi connectivity index (χ4v) is 4.18. The summed E-state index contributed by atoms with van der Waals surface area (Å²) in [6.45, 7) is 16.0. The molecule has 0 heterocycles. The maximum Gasteiger partial charge on any atom is 0.408 e. The third kappa shape index (κ3) is 10.9. The van der Waals surface area contributed by atoms with Crippen molar-refractivity contribution in [3.8, 4) is 5.75 Å². The van der Waals surface area contributed by atoms with E-state index in [0.717, 1.165) is 38.5 Å². The molecule has 3 N–H and O–H groups in total. The Morgan fingerprint density at radius 2 is 1.68 bits per heavy atom. The summed E-state index contributed by atoms with van der Waals surface area (Å²) in [5.41, 5.74) is 0.536. The Balaban J connectivity index is 3.52. The SMILES string of the molecule is CCCCCCN(C(=O)C(NC(=O)OC(C)(C)C)C(C)CC)C(C(=O)NCCCC)c1ccc(O)c(C)c1. The average Bonchev–Trinajstić information content (AvgIpc) is 2.84. The molecule has 8 nitrogen and oxygen atoms in total. The van der Waals surface area contributed by atoms with Gasteiger partial charge in [-0.15, -0.1) is 0 Å². The lowest BCUT2D eigenvalue weighted by molar-refractivity contribution is -0.143. The number of benzene rings is 1. The number of rotatable bonds is 15. The van der Waals surface area contributed by atoms with E-state index < -0.39 is 23.8 Å².